The topological polar surface area (TPSA) is 113 Å². The lowest BCUT2D eigenvalue weighted by Gasteiger charge is -2.31. The van der Waals surface area contributed by atoms with Crippen molar-refractivity contribution in [1.82, 2.24) is 0 Å². The zero-order chi connectivity index (χ0) is 30.0. The Kier molecular flexibility index (Phi) is 8.41. The Morgan fingerprint density at radius 3 is 2.29 bits per heavy atom. The van der Waals surface area contributed by atoms with Gasteiger partial charge in [-0.3, -0.25) is 9.52 Å². The molecule has 1 saturated carbocycles. The highest BCUT2D eigenvalue weighted by atomic mass is 32.2. The number of aliphatic hydroxyl groups excluding tert-OH is 1. The molecule has 8 nitrogen and oxygen atoms in total. The number of nitrogens with zero attached hydrogens (tertiary/aromatic N) is 1. The molecule has 5 rings (SSSR count). The fraction of sp³-hybridized carbons (Fsp3) is 0.333. The van der Waals surface area contributed by atoms with Gasteiger partial charge >= 0.3 is 5.97 Å². The van der Waals surface area contributed by atoms with Crippen LogP contribution in [0.4, 0.5) is 11.4 Å². The summed E-state index contributed by atoms with van der Waals surface area (Å²) in [6.07, 6.45) is 1.68. The van der Waals surface area contributed by atoms with Crippen molar-refractivity contribution < 1.29 is 27.9 Å². The minimum absolute atomic E-state index is 0.0239. The summed E-state index contributed by atoms with van der Waals surface area (Å²) in [4.78, 5) is 28.9. The maximum atomic E-state index is 13.4. The number of hydrogen-bond donors (Lipinski definition) is 2. The summed E-state index contributed by atoms with van der Waals surface area (Å²) in [5.41, 5.74) is 2.79. The van der Waals surface area contributed by atoms with Gasteiger partial charge in [-0.05, 0) is 79.1 Å². The first-order chi connectivity index (χ1) is 20.1. The molecule has 0 spiro atoms. The van der Waals surface area contributed by atoms with Gasteiger partial charge in [-0.25, -0.2) is 13.2 Å². The van der Waals surface area contributed by atoms with Gasteiger partial charge in [-0.1, -0.05) is 49.4 Å². The second-order valence-electron chi connectivity index (χ2n) is 11.2. The van der Waals surface area contributed by atoms with Gasteiger partial charge in [0.1, 0.15) is 0 Å². The first kappa shape index (κ1) is 29.4. The van der Waals surface area contributed by atoms with Crippen molar-refractivity contribution in [3.63, 3.8) is 0 Å². The SMILES string of the molecule is CCC(Cc1ccccc1)C1OC(=O)C(C(c2cccc(NS(=O)(=O)c3ccc(N(C)C)cc3)c2)C2CC2)=C(O)C1=O. The van der Waals surface area contributed by atoms with E-state index < -0.39 is 39.6 Å². The molecule has 3 aromatic carbocycles. The van der Waals surface area contributed by atoms with Gasteiger partial charge in [0.25, 0.3) is 10.0 Å². The van der Waals surface area contributed by atoms with E-state index in [0.717, 1.165) is 24.1 Å². The molecule has 3 aromatic rings. The maximum absolute atomic E-state index is 13.4. The van der Waals surface area contributed by atoms with Crippen molar-refractivity contribution in [2.75, 3.05) is 23.7 Å². The molecule has 1 aliphatic carbocycles. The zero-order valence-corrected chi connectivity index (χ0v) is 24.8. The summed E-state index contributed by atoms with van der Waals surface area (Å²) in [6.45, 7) is 1.93. The number of rotatable bonds is 11. The molecule has 0 amide bonds. The third-order valence-electron chi connectivity index (χ3n) is 8.06. The monoisotopic (exact) mass is 588 g/mol. The van der Waals surface area contributed by atoms with Crippen LogP contribution in [0.5, 0.6) is 0 Å². The van der Waals surface area contributed by atoms with E-state index in [-0.39, 0.29) is 22.3 Å². The normalized spacial score (nSPS) is 18.8. The molecule has 3 atom stereocenters. The highest BCUT2D eigenvalue weighted by molar-refractivity contribution is 7.92. The number of carbonyl (C=O) groups excluding carboxylic acids is 2. The van der Waals surface area contributed by atoms with Crippen molar-refractivity contribution in [2.45, 2.75) is 49.5 Å². The van der Waals surface area contributed by atoms with Crippen molar-refractivity contribution in [3.05, 3.63) is 101 Å². The maximum Gasteiger partial charge on any atom is 0.339 e. The van der Waals surface area contributed by atoms with Gasteiger partial charge in [-0.2, -0.15) is 0 Å². The highest BCUT2D eigenvalue weighted by Crippen LogP contribution is 2.49. The second-order valence-corrected chi connectivity index (χ2v) is 12.9. The molecule has 42 heavy (non-hydrogen) atoms. The summed E-state index contributed by atoms with van der Waals surface area (Å²) in [7, 11) is -0.130. The van der Waals surface area contributed by atoms with Gasteiger partial charge in [0, 0.05) is 37.3 Å². The van der Waals surface area contributed by atoms with E-state index >= 15 is 0 Å². The van der Waals surface area contributed by atoms with Crippen LogP contribution in [0.3, 0.4) is 0 Å². The predicted molar refractivity (Wildman–Crippen MR) is 162 cm³/mol. The number of anilines is 2. The number of ketones is 1. The Morgan fingerprint density at radius 2 is 1.67 bits per heavy atom. The third-order valence-corrected chi connectivity index (χ3v) is 9.46. The van der Waals surface area contributed by atoms with E-state index in [0.29, 0.717) is 24.1 Å². The highest BCUT2D eigenvalue weighted by Gasteiger charge is 2.47. The molecular formula is C33H36N2O6S. The minimum atomic E-state index is -3.88. The Bertz CT molecular complexity index is 1590. The van der Waals surface area contributed by atoms with Crippen LogP contribution in [-0.2, 0) is 30.8 Å². The number of hydrogen-bond acceptors (Lipinski definition) is 7. The van der Waals surface area contributed by atoms with E-state index in [2.05, 4.69) is 4.72 Å². The van der Waals surface area contributed by atoms with Gasteiger partial charge in [-0.15, -0.1) is 0 Å². The van der Waals surface area contributed by atoms with E-state index in [1.807, 2.05) is 56.3 Å². The summed E-state index contributed by atoms with van der Waals surface area (Å²) < 4.78 is 34.6. The smallest absolute Gasteiger partial charge is 0.339 e. The Labute approximate surface area is 247 Å². The number of sulfonamides is 1. The van der Waals surface area contributed by atoms with E-state index in [9.17, 15) is 23.1 Å². The Morgan fingerprint density at radius 1 is 0.976 bits per heavy atom. The van der Waals surface area contributed by atoms with Crippen LogP contribution in [-0.4, -0.2) is 45.5 Å². The molecule has 9 heteroatoms. The standard InChI is InChI=1S/C33H36N2O6S/c1-4-22(19-21-9-6-5-7-10-21)32-31(37)30(36)29(33(38)41-32)28(23-13-14-23)24-11-8-12-25(20-24)34-42(39,40)27-17-15-26(16-18-27)35(2)3/h5-12,15-18,20,22-23,28,32,34,36H,4,13-14,19H2,1-3H3. The van der Waals surface area contributed by atoms with Crippen LogP contribution in [0.25, 0.3) is 0 Å². The number of nitrogens with one attached hydrogen (secondary N) is 1. The van der Waals surface area contributed by atoms with Crippen molar-refractivity contribution >= 4 is 33.2 Å². The minimum Gasteiger partial charge on any atom is -0.504 e. The predicted octanol–water partition coefficient (Wildman–Crippen LogP) is 5.62. The first-order valence-corrected chi connectivity index (χ1v) is 15.7. The molecule has 1 fully saturated rings. The van der Waals surface area contributed by atoms with Crippen LogP contribution in [0.2, 0.25) is 0 Å². The summed E-state index contributed by atoms with van der Waals surface area (Å²) >= 11 is 0. The molecule has 220 valence electrons. The molecule has 1 heterocycles. The second kappa shape index (κ2) is 12.0. The van der Waals surface area contributed by atoms with Crippen LogP contribution < -0.4 is 9.62 Å². The lowest BCUT2D eigenvalue weighted by molar-refractivity contribution is -0.158. The molecule has 2 aliphatic rings. The fourth-order valence-electron chi connectivity index (χ4n) is 5.60. The molecule has 0 saturated heterocycles. The Hall–Kier alpha value is -4.11. The molecular weight excluding hydrogens is 552 g/mol. The zero-order valence-electron chi connectivity index (χ0n) is 24.0. The first-order valence-electron chi connectivity index (χ1n) is 14.2. The lowest BCUT2D eigenvalue weighted by Crippen LogP contribution is -2.42. The van der Waals surface area contributed by atoms with Gasteiger partial charge in [0.05, 0.1) is 10.5 Å². The number of esters is 1. The molecule has 0 bridgehead atoms. The van der Waals surface area contributed by atoms with Crippen LogP contribution in [0.15, 0.2) is 95.1 Å². The average molecular weight is 589 g/mol. The molecule has 0 radical (unpaired) electrons. The molecule has 1 aliphatic heterocycles. The summed E-state index contributed by atoms with van der Waals surface area (Å²) in [5, 5.41) is 11.2. The number of aliphatic hydroxyl groups is 1. The molecule has 2 N–H and O–H groups in total. The Balaban J connectivity index is 1.41. The van der Waals surface area contributed by atoms with E-state index in [1.165, 1.54) is 0 Å². The lowest BCUT2D eigenvalue weighted by atomic mass is 9.81. The van der Waals surface area contributed by atoms with E-state index in [4.69, 9.17) is 4.74 Å². The number of Topliss-reactive ketones (excluding diaryl/α,β-unsaturated/α-hetero) is 1. The van der Waals surface area contributed by atoms with Gasteiger partial charge < -0.3 is 14.7 Å². The number of ether oxygens (including phenoxy) is 1. The largest absolute Gasteiger partial charge is 0.504 e. The average Bonchev–Trinajstić information content (AvgIpc) is 3.82. The summed E-state index contributed by atoms with van der Waals surface area (Å²) in [6, 6.07) is 23.0. The van der Waals surface area contributed by atoms with Crippen molar-refractivity contribution in [1.29, 1.82) is 0 Å². The number of carbonyl (C=O) groups is 2. The third kappa shape index (κ3) is 6.21. The number of cyclic esters (lactones) is 1. The summed E-state index contributed by atoms with van der Waals surface area (Å²) in [5.74, 6) is -2.69. The fourth-order valence-corrected chi connectivity index (χ4v) is 6.65. The van der Waals surface area contributed by atoms with Gasteiger partial charge in [0.2, 0.25) is 5.78 Å². The van der Waals surface area contributed by atoms with Crippen LogP contribution in [0, 0.1) is 11.8 Å². The quantitative estimate of drug-likeness (QED) is 0.280. The van der Waals surface area contributed by atoms with Crippen LogP contribution in [0.1, 0.15) is 43.2 Å². The van der Waals surface area contributed by atoms with E-state index in [1.54, 1.807) is 48.5 Å². The molecule has 3 unspecified atom stereocenters. The number of benzene rings is 3. The van der Waals surface area contributed by atoms with Crippen molar-refractivity contribution in [3.8, 4) is 0 Å². The van der Waals surface area contributed by atoms with Crippen molar-refractivity contribution in [2.24, 2.45) is 11.8 Å². The molecule has 0 aromatic heterocycles. The van der Waals surface area contributed by atoms with Gasteiger partial charge in [0.15, 0.2) is 11.9 Å². The van der Waals surface area contributed by atoms with Crippen LogP contribution >= 0.6 is 0 Å².